The molecule has 0 spiro atoms. The van der Waals surface area contributed by atoms with Gasteiger partial charge in [0.1, 0.15) is 11.6 Å². The first-order valence-electron chi connectivity index (χ1n) is 12.6. The van der Waals surface area contributed by atoms with E-state index >= 15 is 4.39 Å². The maximum absolute atomic E-state index is 15.7. The lowest BCUT2D eigenvalue weighted by molar-refractivity contribution is 0.245. The Morgan fingerprint density at radius 2 is 1.71 bits per heavy atom. The molecule has 2 aliphatic rings. The van der Waals surface area contributed by atoms with Gasteiger partial charge in [0.05, 0.1) is 22.8 Å². The molecule has 1 aliphatic carbocycles. The fourth-order valence-electron chi connectivity index (χ4n) is 5.61. The summed E-state index contributed by atoms with van der Waals surface area (Å²) in [5, 5.41) is 3.48. The molecule has 0 saturated heterocycles. The molecule has 0 unspecified atom stereocenters. The topological polar surface area (TPSA) is 68.8 Å². The van der Waals surface area contributed by atoms with Crippen molar-refractivity contribution in [3.05, 3.63) is 102 Å². The van der Waals surface area contributed by atoms with Crippen LogP contribution in [0.3, 0.4) is 0 Å². The second-order valence-corrected chi connectivity index (χ2v) is 10.0. The van der Waals surface area contributed by atoms with E-state index in [0.29, 0.717) is 5.56 Å². The minimum atomic E-state index is -0.574. The monoisotopic (exact) mass is 523 g/mol. The molecule has 3 heterocycles. The maximum Gasteiger partial charge on any atom is 0.154 e. The molecule has 1 aliphatic heterocycles. The van der Waals surface area contributed by atoms with E-state index in [2.05, 4.69) is 40.0 Å². The van der Waals surface area contributed by atoms with Crippen molar-refractivity contribution >= 4 is 23.9 Å². The highest BCUT2D eigenvalue weighted by Crippen LogP contribution is 2.46. The zero-order chi connectivity index (χ0) is 25.1. The Labute approximate surface area is 227 Å². The van der Waals surface area contributed by atoms with E-state index in [1.807, 2.05) is 54.6 Å². The van der Waals surface area contributed by atoms with E-state index in [0.717, 1.165) is 75.9 Å². The van der Waals surface area contributed by atoms with Gasteiger partial charge in [-0.3, -0.25) is 4.57 Å². The van der Waals surface area contributed by atoms with Gasteiger partial charge in [0.25, 0.3) is 0 Å². The lowest BCUT2D eigenvalue weighted by Crippen LogP contribution is -2.44. The zero-order valence-electron chi connectivity index (χ0n) is 20.9. The van der Waals surface area contributed by atoms with Crippen LogP contribution >= 0.6 is 12.4 Å². The van der Waals surface area contributed by atoms with Gasteiger partial charge < -0.3 is 11.1 Å². The van der Waals surface area contributed by atoms with Crippen molar-refractivity contribution in [3.63, 3.8) is 0 Å². The SMILES string of the molecule is Cc1ccccc1-c1nc2n(c1-c1ccc(C3(N)CCC3)c(F)c1)-c1cccnc1Nc1ccccc1-2.Cl. The minimum absolute atomic E-state index is 0. The molecule has 0 amide bonds. The number of halogens is 2. The summed E-state index contributed by atoms with van der Waals surface area (Å²) in [6.45, 7) is 2.08. The largest absolute Gasteiger partial charge is 0.338 e. The van der Waals surface area contributed by atoms with E-state index < -0.39 is 5.54 Å². The Bertz CT molecular complexity index is 1690. The normalized spacial score (nSPS) is 14.6. The molecule has 0 atom stereocenters. The Morgan fingerprint density at radius 3 is 2.45 bits per heavy atom. The highest BCUT2D eigenvalue weighted by Gasteiger charge is 2.37. The van der Waals surface area contributed by atoms with Crippen LogP contribution in [-0.2, 0) is 5.54 Å². The Morgan fingerprint density at radius 1 is 0.947 bits per heavy atom. The number of imidazole rings is 1. The average molecular weight is 524 g/mol. The van der Waals surface area contributed by atoms with Crippen LogP contribution < -0.4 is 11.1 Å². The van der Waals surface area contributed by atoms with Gasteiger partial charge in [0.15, 0.2) is 5.82 Å². The molecule has 190 valence electrons. The molecule has 0 radical (unpaired) electrons. The number of aromatic nitrogens is 3. The van der Waals surface area contributed by atoms with Gasteiger partial charge in [-0.25, -0.2) is 14.4 Å². The van der Waals surface area contributed by atoms with E-state index in [4.69, 9.17) is 10.7 Å². The van der Waals surface area contributed by atoms with Crippen molar-refractivity contribution < 1.29 is 4.39 Å². The molecule has 3 aromatic carbocycles. The maximum atomic E-state index is 15.7. The first-order valence-corrected chi connectivity index (χ1v) is 12.6. The van der Waals surface area contributed by atoms with Crippen molar-refractivity contribution in [2.24, 2.45) is 5.73 Å². The van der Waals surface area contributed by atoms with Crippen LogP contribution in [0.15, 0.2) is 85.1 Å². The molecule has 5 aromatic rings. The van der Waals surface area contributed by atoms with Gasteiger partial charge in [0, 0.05) is 34.0 Å². The molecule has 38 heavy (non-hydrogen) atoms. The molecular weight excluding hydrogens is 497 g/mol. The predicted molar refractivity (Wildman–Crippen MR) is 153 cm³/mol. The molecule has 1 fully saturated rings. The van der Waals surface area contributed by atoms with Crippen molar-refractivity contribution in [3.8, 4) is 39.6 Å². The number of nitrogens with zero attached hydrogens (tertiary/aromatic N) is 3. The summed E-state index contributed by atoms with van der Waals surface area (Å²) in [5.41, 5.74) is 13.7. The van der Waals surface area contributed by atoms with Crippen molar-refractivity contribution in [1.82, 2.24) is 14.5 Å². The van der Waals surface area contributed by atoms with E-state index in [1.165, 1.54) is 0 Å². The molecule has 7 heteroatoms. The van der Waals surface area contributed by atoms with Crippen LogP contribution in [0.4, 0.5) is 15.9 Å². The van der Waals surface area contributed by atoms with E-state index in [-0.39, 0.29) is 18.2 Å². The summed E-state index contributed by atoms with van der Waals surface area (Å²) < 4.78 is 17.8. The van der Waals surface area contributed by atoms with E-state index in [1.54, 1.807) is 12.3 Å². The molecule has 7 rings (SSSR count). The Kier molecular flexibility index (Phi) is 5.82. The number of hydrogen-bond acceptors (Lipinski definition) is 4. The average Bonchev–Trinajstić information content (AvgIpc) is 3.22. The highest BCUT2D eigenvalue weighted by molar-refractivity contribution is 5.91. The first-order chi connectivity index (χ1) is 18.0. The summed E-state index contributed by atoms with van der Waals surface area (Å²) in [7, 11) is 0. The summed E-state index contributed by atoms with van der Waals surface area (Å²) in [4.78, 5) is 9.88. The number of aryl methyl sites for hydroxylation is 1. The predicted octanol–water partition coefficient (Wildman–Crippen LogP) is 7.53. The van der Waals surface area contributed by atoms with Crippen molar-refractivity contribution in [2.75, 3.05) is 5.32 Å². The van der Waals surface area contributed by atoms with Crippen LogP contribution in [0.2, 0.25) is 0 Å². The van der Waals surface area contributed by atoms with Crippen molar-refractivity contribution in [2.45, 2.75) is 31.7 Å². The molecule has 3 N–H and O–H groups in total. The number of hydrogen-bond donors (Lipinski definition) is 2. The molecule has 2 aromatic heterocycles. The summed E-state index contributed by atoms with van der Waals surface area (Å²) in [6, 6.07) is 25.7. The van der Waals surface area contributed by atoms with E-state index in [9.17, 15) is 0 Å². The smallest absolute Gasteiger partial charge is 0.154 e. The number of nitrogens with one attached hydrogen (secondary N) is 1. The van der Waals surface area contributed by atoms with Gasteiger partial charge in [0.2, 0.25) is 0 Å². The standard InChI is InChI=1S/C31H26FN5.ClH/c1-19-8-2-3-9-21(19)27-28(20-13-14-23(24(32)18-20)31(33)15-7-16-31)37-26-12-6-17-34-29(26)35-25-11-5-4-10-22(25)30(37)36-27;/h2-6,8-14,17-18H,7,15-16,33H2,1H3,(H,34,35);1H. The minimum Gasteiger partial charge on any atom is -0.338 e. The van der Waals surface area contributed by atoms with Gasteiger partial charge in [-0.2, -0.15) is 0 Å². The molecule has 1 saturated carbocycles. The van der Waals surface area contributed by atoms with Crippen LogP contribution in [0, 0.1) is 12.7 Å². The lowest BCUT2D eigenvalue weighted by Gasteiger charge is -2.38. The quantitative estimate of drug-likeness (QED) is 0.251. The van der Waals surface area contributed by atoms with Crippen LogP contribution in [0.25, 0.3) is 39.6 Å². The fraction of sp³-hybridized carbons (Fsp3) is 0.161. The number of rotatable bonds is 3. The molecule has 5 nitrogen and oxygen atoms in total. The molecule has 0 bridgehead atoms. The Balaban J connectivity index is 0.00000264. The van der Waals surface area contributed by atoms with Crippen molar-refractivity contribution in [1.29, 1.82) is 0 Å². The summed E-state index contributed by atoms with van der Waals surface area (Å²) in [6.07, 6.45) is 4.41. The fourth-order valence-corrected chi connectivity index (χ4v) is 5.61. The number of fused-ring (bicyclic) bond motifs is 5. The van der Waals surface area contributed by atoms with Gasteiger partial charge >= 0.3 is 0 Å². The van der Waals surface area contributed by atoms with Gasteiger partial charge in [-0.15, -0.1) is 12.4 Å². The number of para-hydroxylation sites is 1. The third-order valence-corrected chi connectivity index (χ3v) is 7.75. The number of nitrogens with two attached hydrogens (primary N) is 1. The summed E-state index contributed by atoms with van der Waals surface area (Å²) >= 11 is 0. The third-order valence-electron chi connectivity index (χ3n) is 7.75. The van der Waals surface area contributed by atoms with Gasteiger partial charge in [-0.1, -0.05) is 48.5 Å². The highest BCUT2D eigenvalue weighted by atomic mass is 35.5. The third kappa shape index (κ3) is 3.63. The number of benzene rings is 3. The van der Waals surface area contributed by atoms with Crippen LogP contribution in [0.5, 0.6) is 0 Å². The zero-order valence-corrected chi connectivity index (χ0v) is 21.7. The summed E-state index contributed by atoms with van der Waals surface area (Å²) in [5.74, 6) is 1.22. The van der Waals surface area contributed by atoms with Gasteiger partial charge in [-0.05, 0) is 62.1 Å². The number of pyridine rings is 1. The van der Waals surface area contributed by atoms with Crippen LogP contribution in [-0.4, -0.2) is 14.5 Å². The van der Waals surface area contributed by atoms with Crippen LogP contribution in [0.1, 0.15) is 30.4 Å². The number of anilines is 2. The second kappa shape index (κ2) is 9.08. The Hall–Kier alpha value is -4.00. The second-order valence-electron chi connectivity index (χ2n) is 10.0. The lowest BCUT2D eigenvalue weighted by atomic mass is 9.72. The molecular formula is C31H27ClFN5. The first kappa shape index (κ1) is 24.3.